The van der Waals surface area contributed by atoms with Gasteiger partial charge in [0.2, 0.25) is 0 Å². The zero-order chi connectivity index (χ0) is 14.1. The molecule has 0 amide bonds. The van der Waals surface area contributed by atoms with Gasteiger partial charge in [0.1, 0.15) is 9.86 Å². The van der Waals surface area contributed by atoms with Gasteiger partial charge in [-0.15, -0.1) is 23.1 Å². The van der Waals surface area contributed by atoms with Crippen molar-refractivity contribution in [3.8, 4) is 0 Å². The first kappa shape index (κ1) is 14.6. The van der Waals surface area contributed by atoms with Crippen LogP contribution < -0.4 is 0 Å². The van der Waals surface area contributed by atoms with Gasteiger partial charge in [-0.05, 0) is 30.5 Å². The van der Waals surface area contributed by atoms with Crippen LogP contribution in [0.1, 0.15) is 24.3 Å². The minimum absolute atomic E-state index is 0.933. The molecule has 20 heavy (non-hydrogen) atoms. The molecule has 0 radical (unpaired) electrons. The summed E-state index contributed by atoms with van der Waals surface area (Å²) in [5.74, 6) is 2.09. The molecule has 2 aromatic rings. The van der Waals surface area contributed by atoms with Crippen LogP contribution in [0, 0.1) is 0 Å². The normalized spacial score (nSPS) is 15.8. The van der Waals surface area contributed by atoms with Crippen molar-refractivity contribution in [2.75, 3.05) is 25.1 Å². The third-order valence-corrected chi connectivity index (χ3v) is 6.09. The van der Waals surface area contributed by atoms with Crippen molar-refractivity contribution < 1.29 is 0 Å². The van der Waals surface area contributed by atoms with E-state index in [1.165, 1.54) is 25.7 Å². The molecule has 0 unspecified atom stereocenters. The van der Waals surface area contributed by atoms with Crippen molar-refractivity contribution in [1.29, 1.82) is 0 Å². The fraction of sp³-hybridized carbons (Fsp3) is 0.571. The van der Waals surface area contributed by atoms with E-state index >= 15 is 0 Å². The van der Waals surface area contributed by atoms with Crippen LogP contribution in [0.3, 0.4) is 0 Å². The molecule has 1 aliphatic rings. The van der Waals surface area contributed by atoms with E-state index in [4.69, 9.17) is 9.97 Å². The average molecular weight is 326 g/mol. The summed E-state index contributed by atoms with van der Waals surface area (Å²) in [6.07, 6.45) is 1.13. The maximum Gasteiger partial charge on any atom is 0.189 e. The lowest BCUT2D eigenvalue weighted by atomic mass is 10.1. The first-order chi connectivity index (χ1) is 9.72. The van der Waals surface area contributed by atoms with Crippen molar-refractivity contribution in [1.82, 2.24) is 14.9 Å². The van der Waals surface area contributed by atoms with E-state index in [-0.39, 0.29) is 0 Å². The Morgan fingerprint density at radius 2 is 2.00 bits per heavy atom. The maximum absolute atomic E-state index is 4.79. The highest BCUT2D eigenvalue weighted by atomic mass is 32.2. The highest BCUT2D eigenvalue weighted by Crippen LogP contribution is 2.39. The Kier molecular flexibility index (Phi) is 4.55. The number of hydrogen-bond donors (Lipinski definition) is 0. The molecule has 1 aliphatic heterocycles. The maximum atomic E-state index is 4.79. The van der Waals surface area contributed by atoms with Gasteiger partial charge in [-0.25, -0.2) is 9.97 Å². The van der Waals surface area contributed by atoms with E-state index in [1.54, 1.807) is 11.8 Å². The summed E-state index contributed by atoms with van der Waals surface area (Å²) in [5.41, 5.74) is 1.51. The molecular weight excluding hydrogens is 306 g/mol. The summed E-state index contributed by atoms with van der Waals surface area (Å²) < 4.78 is 0. The van der Waals surface area contributed by atoms with Crippen molar-refractivity contribution >= 4 is 45.1 Å². The van der Waals surface area contributed by atoms with Crippen molar-refractivity contribution in [2.45, 2.75) is 37.0 Å². The van der Waals surface area contributed by atoms with Crippen LogP contribution in [-0.2, 0) is 13.0 Å². The third-order valence-electron chi connectivity index (χ3n) is 3.39. The number of hydrogen-bond acceptors (Lipinski definition) is 6. The van der Waals surface area contributed by atoms with Crippen LogP contribution in [0.5, 0.6) is 0 Å². The van der Waals surface area contributed by atoms with Crippen LogP contribution in [0.15, 0.2) is 10.2 Å². The summed E-state index contributed by atoms with van der Waals surface area (Å²) in [6.45, 7) is 6.54. The summed E-state index contributed by atoms with van der Waals surface area (Å²) in [6, 6.07) is 0. The van der Waals surface area contributed by atoms with Gasteiger partial charge < -0.3 is 4.90 Å². The molecule has 3 rings (SSSR count). The molecule has 108 valence electrons. The molecule has 0 saturated heterocycles. The molecule has 3 heterocycles. The standard InChI is InChI=1S/C14H19N3S3/c1-4-18-12-11-9-6-7-17(3)8-10(9)20-13(11)16-14(15-12)19-5-2/h4-8H2,1-3H3. The molecule has 0 bridgehead atoms. The first-order valence-corrected chi connectivity index (χ1v) is 9.78. The van der Waals surface area contributed by atoms with Gasteiger partial charge in [0, 0.05) is 23.4 Å². The number of thiophene rings is 1. The van der Waals surface area contributed by atoms with Crippen molar-refractivity contribution in [3.63, 3.8) is 0 Å². The molecule has 0 N–H and O–H groups in total. The van der Waals surface area contributed by atoms with E-state index in [0.29, 0.717) is 0 Å². The summed E-state index contributed by atoms with van der Waals surface area (Å²) in [4.78, 5) is 14.6. The zero-order valence-electron chi connectivity index (χ0n) is 12.1. The fourth-order valence-corrected chi connectivity index (χ4v) is 5.34. The molecule has 0 spiro atoms. The Morgan fingerprint density at radius 1 is 1.20 bits per heavy atom. The Balaban J connectivity index is 2.15. The predicted octanol–water partition coefficient (Wildman–Crippen LogP) is 3.90. The largest absolute Gasteiger partial charge is 0.301 e. The molecule has 0 aromatic carbocycles. The van der Waals surface area contributed by atoms with Gasteiger partial charge in [0.15, 0.2) is 5.16 Å². The van der Waals surface area contributed by atoms with E-state index in [9.17, 15) is 0 Å². The van der Waals surface area contributed by atoms with Gasteiger partial charge in [-0.1, -0.05) is 25.6 Å². The quantitative estimate of drug-likeness (QED) is 0.483. The highest BCUT2D eigenvalue weighted by Gasteiger charge is 2.22. The average Bonchev–Trinajstić information content (AvgIpc) is 2.76. The van der Waals surface area contributed by atoms with Gasteiger partial charge in [0.05, 0.1) is 0 Å². The zero-order valence-corrected chi connectivity index (χ0v) is 14.6. The van der Waals surface area contributed by atoms with Gasteiger partial charge in [0.25, 0.3) is 0 Å². The monoisotopic (exact) mass is 325 g/mol. The number of rotatable bonds is 4. The third kappa shape index (κ3) is 2.71. The number of nitrogens with zero attached hydrogens (tertiary/aromatic N) is 3. The molecule has 0 aliphatic carbocycles. The Morgan fingerprint density at radius 3 is 2.75 bits per heavy atom. The van der Waals surface area contributed by atoms with E-state index in [1.807, 2.05) is 23.1 Å². The molecule has 0 saturated carbocycles. The second-order valence-corrected chi connectivity index (χ2v) is 8.42. The van der Waals surface area contributed by atoms with Crippen molar-refractivity contribution in [2.24, 2.45) is 0 Å². The second kappa shape index (κ2) is 6.22. The van der Waals surface area contributed by atoms with E-state index in [0.717, 1.165) is 36.2 Å². The second-order valence-electron chi connectivity index (χ2n) is 4.85. The molecule has 0 fully saturated rings. The molecule has 6 heteroatoms. The Labute approximate surface area is 132 Å². The van der Waals surface area contributed by atoms with Gasteiger partial charge in [-0.3, -0.25) is 0 Å². The Hall–Kier alpha value is -0.300. The molecule has 2 aromatic heterocycles. The van der Waals surface area contributed by atoms with Crippen LogP contribution in [0.25, 0.3) is 10.2 Å². The summed E-state index contributed by atoms with van der Waals surface area (Å²) in [5, 5.41) is 3.46. The fourth-order valence-electron chi connectivity index (χ4n) is 2.51. The summed E-state index contributed by atoms with van der Waals surface area (Å²) >= 11 is 5.45. The summed E-state index contributed by atoms with van der Waals surface area (Å²) in [7, 11) is 2.19. The highest BCUT2D eigenvalue weighted by molar-refractivity contribution is 7.99. The number of aromatic nitrogens is 2. The molecule has 0 atom stereocenters. The molecular formula is C14H19N3S3. The predicted molar refractivity (Wildman–Crippen MR) is 90.2 cm³/mol. The van der Waals surface area contributed by atoms with Crippen LogP contribution in [-0.4, -0.2) is 40.0 Å². The number of likely N-dealkylation sites (N-methyl/N-ethyl adjacent to an activating group) is 1. The lowest BCUT2D eigenvalue weighted by molar-refractivity contribution is 0.318. The van der Waals surface area contributed by atoms with Gasteiger partial charge in [-0.2, -0.15) is 0 Å². The van der Waals surface area contributed by atoms with Crippen LogP contribution in [0.4, 0.5) is 0 Å². The number of fused-ring (bicyclic) bond motifs is 3. The minimum atomic E-state index is 0.933. The SMILES string of the molecule is CCSc1nc(SCC)c2c3c(sc2n1)CN(C)CC3. The van der Waals surface area contributed by atoms with Crippen molar-refractivity contribution in [3.05, 3.63) is 10.4 Å². The topological polar surface area (TPSA) is 29.0 Å². The Bertz CT molecular complexity index is 624. The number of thioether (sulfide) groups is 2. The van der Waals surface area contributed by atoms with Crippen LogP contribution in [0.2, 0.25) is 0 Å². The lowest BCUT2D eigenvalue weighted by Crippen LogP contribution is -2.25. The van der Waals surface area contributed by atoms with Gasteiger partial charge >= 0.3 is 0 Å². The first-order valence-electron chi connectivity index (χ1n) is 6.99. The molecule has 3 nitrogen and oxygen atoms in total. The van der Waals surface area contributed by atoms with Crippen LogP contribution >= 0.6 is 34.9 Å². The van der Waals surface area contributed by atoms with E-state index in [2.05, 4.69) is 25.8 Å². The van der Waals surface area contributed by atoms with E-state index < -0.39 is 0 Å². The lowest BCUT2D eigenvalue weighted by Gasteiger charge is -2.22. The smallest absolute Gasteiger partial charge is 0.189 e. The minimum Gasteiger partial charge on any atom is -0.301 e.